The van der Waals surface area contributed by atoms with E-state index >= 15 is 0 Å². The van der Waals surface area contributed by atoms with Crippen LogP contribution in [0.3, 0.4) is 0 Å². The van der Waals surface area contributed by atoms with E-state index in [0.29, 0.717) is 0 Å². The van der Waals surface area contributed by atoms with Gasteiger partial charge in [0.15, 0.2) is 10.3 Å². The smallest absolute Gasteiger partial charge is 0.735 e. The molecule has 6 heteroatoms. The van der Waals surface area contributed by atoms with Crippen molar-refractivity contribution in [3.63, 3.8) is 0 Å². The summed E-state index contributed by atoms with van der Waals surface area (Å²) < 4.78 is 32.8. The Hall–Kier alpha value is 0.870. The molecule has 0 heterocycles. The molecule has 0 aliphatic heterocycles. The first kappa shape index (κ1) is 13.9. The first-order valence-electron chi connectivity index (χ1n) is 4.20. The number of rotatable bonds is 2. The Kier molecular flexibility index (Phi) is 6.06. The van der Waals surface area contributed by atoms with E-state index in [9.17, 15) is 13.0 Å². The van der Waals surface area contributed by atoms with Crippen molar-refractivity contribution in [3.8, 4) is 0 Å². The van der Waals surface area contributed by atoms with Gasteiger partial charge in [-0.2, -0.15) is 0 Å². The van der Waals surface area contributed by atoms with Gasteiger partial charge in [-0.05, 0) is 12.8 Å². The zero-order chi connectivity index (χ0) is 9.19. The first-order chi connectivity index (χ1) is 5.52. The van der Waals surface area contributed by atoms with E-state index in [-0.39, 0.29) is 35.6 Å². The maximum Gasteiger partial charge on any atom is 1.00 e. The third kappa shape index (κ3) is 4.27. The van der Waals surface area contributed by atoms with Gasteiger partial charge in [0.1, 0.15) is 0 Å². The van der Waals surface area contributed by atoms with Crippen LogP contribution in [0.5, 0.6) is 0 Å². The fourth-order valence-electron chi connectivity index (χ4n) is 1.63. The normalized spacial score (nSPS) is 19.9. The van der Waals surface area contributed by atoms with Gasteiger partial charge in [0, 0.05) is 13.1 Å². The minimum atomic E-state index is -4.22. The van der Waals surface area contributed by atoms with E-state index in [1.165, 1.54) is 7.05 Å². The quantitative estimate of drug-likeness (QED) is 0.385. The molecule has 1 aliphatic carbocycles. The van der Waals surface area contributed by atoms with Gasteiger partial charge in [0.2, 0.25) is 0 Å². The zero-order valence-electron chi connectivity index (χ0n) is 8.19. The first-order valence-corrected chi connectivity index (χ1v) is 5.57. The van der Waals surface area contributed by atoms with E-state index in [1.54, 1.807) is 0 Å². The number of nitrogens with zero attached hydrogens (tertiary/aromatic N) is 1. The largest absolute Gasteiger partial charge is 1.00 e. The van der Waals surface area contributed by atoms with E-state index in [0.717, 1.165) is 36.4 Å². The monoisotopic (exact) mass is 215 g/mol. The molecular weight excluding hydrogens is 201 g/mol. The van der Waals surface area contributed by atoms with Crippen LogP contribution < -0.4 is 29.6 Å². The van der Waals surface area contributed by atoms with Gasteiger partial charge in [-0.15, -0.1) is 0 Å². The van der Waals surface area contributed by atoms with Gasteiger partial charge in [0.05, 0.1) is 0 Å². The second kappa shape index (κ2) is 5.68. The molecule has 1 fully saturated rings. The molecule has 0 aromatic rings. The van der Waals surface area contributed by atoms with Crippen molar-refractivity contribution in [1.29, 1.82) is 0 Å². The van der Waals surface area contributed by atoms with Crippen LogP contribution in [0.15, 0.2) is 0 Å². The summed E-state index contributed by atoms with van der Waals surface area (Å²) in [6.07, 6.45) is 4.88. The minimum absolute atomic E-state index is 0. The van der Waals surface area contributed by atoms with Crippen LogP contribution in [0, 0.1) is 0 Å². The molecule has 0 aromatic heterocycles. The predicted octanol–water partition coefficient (Wildman–Crippen LogP) is -2.28. The van der Waals surface area contributed by atoms with Crippen LogP contribution in [-0.4, -0.2) is 30.4 Å². The molecule has 0 bridgehead atoms. The molecule has 0 spiro atoms. The topological polar surface area (TPSA) is 60.4 Å². The van der Waals surface area contributed by atoms with E-state index in [2.05, 4.69) is 0 Å². The molecule has 0 atom stereocenters. The SMILES string of the molecule is CN(C1CCCCC1)S(=O)(=O)[O-].[Na+]. The summed E-state index contributed by atoms with van der Waals surface area (Å²) in [5, 5.41) is 0. The van der Waals surface area contributed by atoms with Crippen molar-refractivity contribution in [1.82, 2.24) is 4.31 Å². The van der Waals surface area contributed by atoms with Crippen molar-refractivity contribution < 1.29 is 42.5 Å². The van der Waals surface area contributed by atoms with Gasteiger partial charge in [-0.1, -0.05) is 19.3 Å². The second-order valence-corrected chi connectivity index (χ2v) is 4.70. The fraction of sp³-hybridized carbons (Fsp3) is 1.00. The van der Waals surface area contributed by atoms with E-state index in [1.807, 2.05) is 0 Å². The molecule has 0 unspecified atom stereocenters. The van der Waals surface area contributed by atoms with Crippen molar-refractivity contribution in [2.24, 2.45) is 0 Å². The molecule has 72 valence electrons. The van der Waals surface area contributed by atoms with Crippen LogP contribution in [-0.2, 0) is 10.3 Å². The Morgan fingerprint density at radius 1 is 1.23 bits per heavy atom. The fourth-order valence-corrected chi connectivity index (χ4v) is 2.20. The van der Waals surface area contributed by atoms with Gasteiger partial charge < -0.3 is 4.55 Å². The summed E-state index contributed by atoms with van der Waals surface area (Å²) >= 11 is 0. The molecular formula is C7H14NNaO3S. The maximum atomic E-state index is 10.6. The molecule has 4 nitrogen and oxygen atoms in total. The number of hydrogen-bond donors (Lipinski definition) is 0. The summed E-state index contributed by atoms with van der Waals surface area (Å²) in [4.78, 5) is 0. The molecule has 1 rings (SSSR count). The predicted molar refractivity (Wildman–Crippen MR) is 44.3 cm³/mol. The van der Waals surface area contributed by atoms with Crippen molar-refractivity contribution in [2.45, 2.75) is 38.1 Å². The molecule has 1 aliphatic rings. The minimum Gasteiger partial charge on any atom is -0.735 e. The average molecular weight is 215 g/mol. The Labute approximate surface area is 102 Å². The average Bonchev–Trinajstić information content (AvgIpc) is 2.03. The van der Waals surface area contributed by atoms with Crippen LogP contribution in [0.2, 0.25) is 0 Å². The van der Waals surface area contributed by atoms with Crippen LogP contribution >= 0.6 is 0 Å². The van der Waals surface area contributed by atoms with Crippen molar-refractivity contribution in [3.05, 3.63) is 0 Å². The van der Waals surface area contributed by atoms with Crippen LogP contribution in [0.25, 0.3) is 0 Å². The van der Waals surface area contributed by atoms with Gasteiger partial charge in [0.25, 0.3) is 0 Å². The Balaban J connectivity index is 0.00000144. The molecule has 13 heavy (non-hydrogen) atoms. The summed E-state index contributed by atoms with van der Waals surface area (Å²) in [6, 6.07) is -0.0544. The van der Waals surface area contributed by atoms with Crippen LogP contribution in [0.1, 0.15) is 32.1 Å². The molecule has 0 radical (unpaired) electrons. The standard InChI is InChI=1S/C7H15NO3S.Na/c1-8(12(9,10)11)7-5-3-2-4-6-7;/h7H,2-6H2,1H3,(H,9,10,11);/q;+1/p-1. The zero-order valence-corrected chi connectivity index (χ0v) is 11.0. The Morgan fingerprint density at radius 2 is 1.69 bits per heavy atom. The molecule has 0 aromatic carbocycles. The maximum absolute atomic E-state index is 10.6. The second-order valence-electron chi connectivity index (χ2n) is 3.27. The van der Waals surface area contributed by atoms with Gasteiger partial charge in [-0.3, -0.25) is 0 Å². The summed E-state index contributed by atoms with van der Waals surface area (Å²) in [5.74, 6) is 0. The number of hydrogen-bond acceptors (Lipinski definition) is 3. The van der Waals surface area contributed by atoms with Gasteiger partial charge >= 0.3 is 29.6 Å². The van der Waals surface area contributed by atoms with Crippen molar-refractivity contribution in [2.75, 3.05) is 7.05 Å². The van der Waals surface area contributed by atoms with Crippen LogP contribution in [0.4, 0.5) is 0 Å². The van der Waals surface area contributed by atoms with E-state index < -0.39 is 10.3 Å². The molecule has 0 N–H and O–H groups in total. The van der Waals surface area contributed by atoms with Gasteiger partial charge in [-0.25, -0.2) is 12.7 Å². The Bertz CT molecular complexity index is 236. The molecule has 0 amide bonds. The summed E-state index contributed by atoms with van der Waals surface area (Å²) in [6.45, 7) is 0. The summed E-state index contributed by atoms with van der Waals surface area (Å²) in [5.41, 5.74) is 0. The third-order valence-corrected chi connectivity index (χ3v) is 3.45. The molecule has 1 saturated carbocycles. The summed E-state index contributed by atoms with van der Waals surface area (Å²) in [7, 11) is -2.85. The third-order valence-electron chi connectivity index (χ3n) is 2.44. The molecule has 0 saturated heterocycles. The Morgan fingerprint density at radius 3 is 2.08 bits per heavy atom. The van der Waals surface area contributed by atoms with Crippen molar-refractivity contribution >= 4 is 10.3 Å². The van der Waals surface area contributed by atoms with E-state index in [4.69, 9.17) is 0 Å².